The third-order valence-electron chi connectivity index (χ3n) is 1.56. The molecular weight excluding hydrogens is 361 g/mol. The van der Waals surface area contributed by atoms with Crippen molar-refractivity contribution in [1.82, 2.24) is 0 Å². The number of rotatable bonds is 1. The molecule has 1 rings (SSSR count). The molecular formula is C9H5BrINO2. The zero-order valence-corrected chi connectivity index (χ0v) is 10.9. The fourth-order valence-electron chi connectivity index (χ4n) is 0.971. The maximum atomic E-state index is 11.3. The van der Waals surface area contributed by atoms with E-state index in [1.807, 2.05) is 28.7 Å². The highest BCUT2D eigenvalue weighted by Gasteiger charge is 2.16. The lowest BCUT2D eigenvalue weighted by Gasteiger charge is -2.04. The number of benzene rings is 1. The Morgan fingerprint density at radius 3 is 2.79 bits per heavy atom. The minimum atomic E-state index is -0.488. The summed E-state index contributed by atoms with van der Waals surface area (Å²) in [6, 6.07) is 5.31. The van der Waals surface area contributed by atoms with Crippen LogP contribution in [0, 0.1) is 14.9 Å². The quantitative estimate of drug-likeness (QED) is 0.568. The van der Waals surface area contributed by atoms with Crippen molar-refractivity contribution in [2.45, 2.75) is 0 Å². The van der Waals surface area contributed by atoms with Crippen molar-refractivity contribution in [3.05, 3.63) is 31.3 Å². The van der Waals surface area contributed by atoms with E-state index in [-0.39, 0.29) is 0 Å². The number of carbonyl (C=O) groups is 1. The van der Waals surface area contributed by atoms with Gasteiger partial charge in [0.1, 0.15) is 6.07 Å². The van der Waals surface area contributed by atoms with Gasteiger partial charge in [-0.2, -0.15) is 5.26 Å². The molecule has 0 atom stereocenters. The second kappa shape index (κ2) is 4.75. The number of ether oxygens (including phenoxy) is 1. The van der Waals surface area contributed by atoms with Crippen LogP contribution in [0.2, 0.25) is 0 Å². The predicted octanol–water partition coefficient (Wildman–Crippen LogP) is 2.71. The first kappa shape index (κ1) is 11.5. The van der Waals surface area contributed by atoms with E-state index in [4.69, 9.17) is 5.26 Å². The molecule has 3 nitrogen and oxygen atoms in total. The lowest BCUT2D eigenvalue weighted by Crippen LogP contribution is -2.06. The minimum Gasteiger partial charge on any atom is -0.465 e. The molecule has 1 aromatic carbocycles. The highest BCUT2D eigenvalue weighted by atomic mass is 127. The van der Waals surface area contributed by atoms with Crippen molar-refractivity contribution in [2.75, 3.05) is 7.11 Å². The summed E-state index contributed by atoms with van der Waals surface area (Å²) in [7, 11) is 1.29. The highest BCUT2D eigenvalue weighted by molar-refractivity contribution is 14.1. The van der Waals surface area contributed by atoms with Gasteiger partial charge in [0.05, 0.1) is 18.2 Å². The third-order valence-corrected chi connectivity index (χ3v) is 2.87. The van der Waals surface area contributed by atoms with E-state index >= 15 is 0 Å². The monoisotopic (exact) mass is 365 g/mol. The van der Waals surface area contributed by atoms with Crippen LogP contribution < -0.4 is 0 Å². The molecule has 0 amide bonds. The molecule has 72 valence electrons. The van der Waals surface area contributed by atoms with Crippen LogP contribution in [0.3, 0.4) is 0 Å². The van der Waals surface area contributed by atoms with Gasteiger partial charge in [-0.05, 0) is 34.7 Å². The van der Waals surface area contributed by atoms with Crippen LogP contribution in [-0.2, 0) is 4.74 Å². The summed E-state index contributed by atoms with van der Waals surface area (Å²) >= 11 is 5.24. The summed E-state index contributed by atoms with van der Waals surface area (Å²) in [6.07, 6.45) is 0. The number of carbonyl (C=O) groups excluding carboxylic acids is 1. The Hall–Kier alpha value is -0.610. The highest BCUT2D eigenvalue weighted by Crippen LogP contribution is 2.23. The van der Waals surface area contributed by atoms with Gasteiger partial charge in [0.2, 0.25) is 0 Å². The van der Waals surface area contributed by atoms with Crippen LogP contribution in [0.1, 0.15) is 15.9 Å². The van der Waals surface area contributed by atoms with Gasteiger partial charge < -0.3 is 4.74 Å². The molecule has 5 heteroatoms. The normalized spacial score (nSPS) is 9.29. The molecule has 0 radical (unpaired) electrons. The lowest BCUT2D eigenvalue weighted by atomic mass is 10.1. The van der Waals surface area contributed by atoms with Gasteiger partial charge >= 0.3 is 5.97 Å². The van der Waals surface area contributed by atoms with E-state index < -0.39 is 5.97 Å². The van der Waals surface area contributed by atoms with Crippen LogP contribution in [-0.4, -0.2) is 13.1 Å². The number of nitrogens with zero attached hydrogens (tertiary/aromatic N) is 1. The van der Waals surface area contributed by atoms with Crippen LogP contribution in [0.5, 0.6) is 0 Å². The van der Waals surface area contributed by atoms with Crippen molar-refractivity contribution >= 4 is 44.5 Å². The van der Waals surface area contributed by atoms with Gasteiger partial charge in [-0.25, -0.2) is 4.79 Å². The van der Waals surface area contributed by atoms with Crippen molar-refractivity contribution in [3.63, 3.8) is 0 Å². The van der Waals surface area contributed by atoms with Crippen molar-refractivity contribution in [1.29, 1.82) is 5.26 Å². The Morgan fingerprint density at radius 2 is 2.29 bits per heavy atom. The average Bonchev–Trinajstić information content (AvgIpc) is 2.15. The number of methoxy groups -OCH3 is 1. The average molecular weight is 366 g/mol. The van der Waals surface area contributed by atoms with Crippen LogP contribution in [0.25, 0.3) is 0 Å². The molecule has 0 saturated heterocycles. The Labute approximate surface area is 103 Å². The second-order valence-corrected chi connectivity index (χ2v) is 4.49. The smallest absolute Gasteiger partial charge is 0.340 e. The third kappa shape index (κ3) is 2.25. The molecule has 14 heavy (non-hydrogen) atoms. The Morgan fingerprint density at radius 1 is 1.64 bits per heavy atom. The summed E-state index contributed by atoms with van der Waals surface area (Å²) in [6.45, 7) is 0. The predicted molar refractivity (Wildman–Crippen MR) is 62.9 cm³/mol. The lowest BCUT2D eigenvalue weighted by molar-refractivity contribution is 0.0599. The van der Waals surface area contributed by atoms with Gasteiger partial charge in [0.25, 0.3) is 0 Å². The molecule has 0 bridgehead atoms. The van der Waals surface area contributed by atoms with E-state index in [0.717, 1.165) is 4.47 Å². The first-order valence-electron chi connectivity index (χ1n) is 3.57. The number of hydrogen-bond donors (Lipinski definition) is 0. The van der Waals surface area contributed by atoms with Crippen molar-refractivity contribution in [3.8, 4) is 6.07 Å². The summed E-state index contributed by atoms with van der Waals surface area (Å²) in [5.41, 5.74) is 0.634. The summed E-state index contributed by atoms with van der Waals surface area (Å²) in [4.78, 5) is 11.3. The number of halogens is 2. The fourth-order valence-corrected chi connectivity index (χ4v) is 2.70. The summed E-state index contributed by atoms with van der Waals surface area (Å²) < 4.78 is 6.05. The van der Waals surface area contributed by atoms with E-state index in [1.54, 1.807) is 12.1 Å². The Kier molecular flexibility index (Phi) is 3.89. The SMILES string of the molecule is COC(=O)c1c(I)cc(Br)cc1C#N. The molecule has 0 aromatic heterocycles. The zero-order chi connectivity index (χ0) is 10.7. The van der Waals surface area contributed by atoms with Crippen LogP contribution >= 0.6 is 38.5 Å². The van der Waals surface area contributed by atoms with E-state index in [9.17, 15) is 4.79 Å². The van der Waals surface area contributed by atoms with Gasteiger partial charge in [-0.3, -0.25) is 0 Å². The number of nitriles is 1. The molecule has 1 aromatic rings. The molecule has 0 aliphatic carbocycles. The molecule has 0 saturated carbocycles. The van der Waals surface area contributed by atoms with Crippen molar-refractivity contribution < 1.29 is 9.53 Å². The van der Waals surface area contributed by atoms with Crippen molar-refractivity contribution in [2.24, 2.45) is 0 Å². The van der Waals surface area contributed by atoms with Gasteiger partial charge in [0, 0.05) is 8.04 Å². The Bertz CT molecular complexity index is 426. The number of hydrogen-bond acceptors (Lipinski definition) is 3. The molecule has 0 aliphatic rings. The first-order valence-corrected chi connectivity index (χ1v) is 5.44. The molecule has 0 fully saturated rings. The maximum absolute atomic E-state index is 11.3. The van der Waals surface area contributed by atoms with Gasteiger partial charge in [-0.15, -0.1) is 0 Å². The Balaban J connectivity index is 3.42. The van der Waals surface area contributed by atoms with Gasteiger partial charge in [-0.1, -0.05) is 15.9 Å². The topological polar surface area (TPSA) is 50.1 Å². The molecule has 0 heterocycles. The maximum Gasteiger partial charge on any atom is 0.340 e. The van der Waals surface area contributed by atoms with Crippen LogP contribution in [0.4, 0.5) is 0 Å². The second-order valence-electron chi connectivity index (χ2n) is 2.41. The summed E-state index contributed by atoms with van der Waals surface area (Å²) in [5, 5.41) is 8.83. The fraction of sp³-hybridized carbons (Fsp3) is 0.111. The van der Waals surface area contributed by atoms with Crippen LogP contribution in [0.15, 0.2) is 16.6 Å². The molecule has 0 aliphatic heterocycles. The van der Waals surface area contributed by atoms with E-state index in [1.165, 1.54) is 7.11 Å². The number of esters is 1. The largest absolute Gasteiger partial charge is 0.465 e. The molecule has 0 unspecified atom stereocenters. The van der Waals surface area contributed by atoms with E-state index in [0.29, 0.717) is 14.7 Å². The summed E-state index contributed by atoms with van der Waals surface area (Å²) in [5.74, 6) is -0.488. The minimum absolute atomic E-state index is 0.315. The molecule has 0 N–H and O–H groups in total. The van der Waals surface area contributed by atoms with E-state index in [2.05, 4.69) is 20.7 Å². The molecule has 0 spiro atoms. The first-order chi connectivity index (χ1) is 6.60. The standard InChI is InChI=1S/C9H5BrINO2/c1-14-9(13)8-5(4-12)2-6(10)3-7(8)11/h2-3H,1H3. The zero-order valence-electron chi connectivity index (χ0n) is 7.17. The van der Waals surface area contributed by atoms with Gasteiger partial charge in [0.15, 0.2) is 0 Å².